The third-order valence-electron chi connectivity index (χ3n) is 17.7. The van der Waals surface area contributed by atoms with Gasteiger partial charge >= 0.3 is 0 Å². The number of amides is 3. The van der Waals surface area contributed by atoms with Crippen LogP contribution in [-0.2, 0) is 14.4 Å². The Balaban J connectivity index is 5.87. The number of allylic oxidation sites excluding steroid dienone is 6. The van der Waals surface area contributed by atoms with E-state index in [2.05, 4.69) is 113 Å². The smallest absolute Gasteiger partial charge is 0.222 e. The van der Waals surface area contributed by atoms with Crippen LogP contribution in [0.2, 0.25) is 0 Å². The second kappa shape index (κ2) is 59.8. The summed E-state index contributed by atoms with van der Waals surface area (Å²) in [4.78, 5) is 49.8. The lowest BCUT2D eigenvalue weighted by molar-refractivity contribution is -0.139. The number of unbranched alkanes of at least 4 members (excludes halogenated alkanes) is 33. The van der Waals surface area contributed by atoms with Crippen molar-refractivity contribution in [3.63, 3.8) is 0 Å². The van der Waals surface area contributed by atoms with Crippen molar-refractivity contribution < 1.29 is 14.4 Å². The maximum atomic E-state index is 14.5. The minimum atomic E-state index is 0.173. The second-order valence-corrected chi connectivity index (χ2v) is 25.2. The summed E-state index contributed by atoms with van der Waals surface area (Å²) in [5.74, 6) is 1.79. The standard InChI is InChI=1S/C74H141N3O3/c1-10-17-20-23-26-29-32-35-38-41-44-47-50-53-56-59-72(78)75(62-64-76(70(15-6)66-68(8)13-4)73(79)60-57-54-51-48-45-42-39-36-33-30-27-24-21-18-11-2)63-65-77(71(16-7)67-69(9)14-5)74(80)61-58-55-52-49-46-43-40-37-34-31-28-25-22-19-12-3/h35-40,68-71H,10-34,41-67H2,1-9H3/b38-35+,39-36+,40-37+. The molecule has 0 N–H and O–H groups in total. The van der Waals surface area contributed by atoms with Gasteiger partial charge in [0.15, 0.2) is 0 Å². The fourth-order valence-electron chi connectivity index (χ4n) is 11.6. The number of rotatable bonds is 61. The second-order valence-electron chi connectivity index (χ2n) is 25.2. The molecule has 6 nitrogen and oxygen atoms in total. The highest BCUT2D eigenvalue weighted by Gasteiger charge is 2.28. The van der Waals surface area contributed by atoms with Gasteiger partial charge in [0.1, 0.15) is 0 Å². The number of carbonyl (C=O) groups is 3. The van der Waals surface area contributed by atoms with Crippen LogP contribution in [0.3, 0.4) is 0 Å². The van der Waals surface area contributed by atoms with Gasteiger partial charge < -0.3 is 14.7 Å². The molecule has 0 aliphatic carbocycles. The van der Waals surface area contributed by atoms with Crippen LogP contribution in [0.1, 0.15) is 371 Å². The first-order valence-corrected chi connectivity index (χ1v) is 35.9. The van der Waals surface area contributed by atoms with Crippen molar-refractivity contribution in [2.45, 2.75) is 383 Å². The molecule has 4 unspecified atom stereocenters. The molecule has 0 rings (SSSR count). The Morgan fingerprint density at radius 1 is 0.287 bits per heavy atom. The summed E-state index contributed by atoms with van der Waals surface area (Å²) >= 11 is 0. The maximum Gasteiger partial charge on any atom is 0.222 e. The molecule has 0 aliphatic rings. The van der Waals surface area contributed by atoms with Crippen molar-refractivity contribution in [2.75, 3.05) is 26.2 Å². The molecule has 0 aliphatic heterocycles. The average molecular weight is 1120 g/mol. The van der Waals surface area contributed by atoms with Gasteiger partial charge in [-0.1, -0.05) is 266 Å². The zero-order valence-corrected chi connectivity index (χ0v) is 55.6. The topological polar surface area (TPSA) is 60.9 Å². The summed E-state index contributed by atoms with van der Waals surface area (Å²) in [6, 6.07) is 0.347. The Morgan fingerprint density at radius 3 is 0.775 bits per heavy atom. The predicted octanol–water partition coefficient (Wildman–Crippen LogP) is 23.0. The van der Waals surface area contributed by atoms with Crippen molar-refractivity contribution in [3.05, 3.63) is 36.5 Å². The zero-order chi connectivity index (χ0) is 58.8. The molecular weight excluding hydrogens is 979 g/mol. The Morgan fingerprint density at radius 2 is 0.525 bits per heavy atom. The van der Waals surface area contributed by atoms with Gasteiger partial charge in [-0.05, 0) is 134 Å². The van der Waals surface area contributed by atoms with Crippen molar-refractivity contribution in [3.8, 4) is 0 Å². The molecule has 470 valence electrons. The minimum Gasteiger partial charge on any atom is -0.339 e. The first-order valence-electron chi connectivity index (χ1n) is 35.9. The molecule has 0 bridgehead atoms. The Labute approximate surface area is 501 Å². The first-order chi connectivity index (χ1) is 39.1. The Bertz CT molecular complexity index is 1360. The fraction of sp³-hybridized carbons (Fsp3) is 0.878. The first kappa shape index (κ1) is 77.6. The summed E-state index contributed by atoms with van der Waals surface area (Å²) in [5, 5.41) is 0. The van der Waals surface area contributed by atoms with Gasteiger partial charge in [-0.15, -0.1) is 0 Å². The predicted molar refractivity (Wildman–Crippen MR) is 355 cm³/mol. The van der Waals surface area contributed by atoms with E-state index in [0.29, 0.717) is 57.3 Å². The number of nitrogens with zero attached hydrogens (tertiary/aromatic N) is 3. The third kappa shape index (κ3) is 47.0. The summed E-state index contributed by atoms with van der Waals surface area (Å²) in [6.07, 6.45) is 70.7. The van der Waals surface area contributed by atoms with Crippen LogP contribution in [-0.4, -0.2) is 70.7 Å². The Hall–Kier alpha value is -2.37. The van der Waals surface area contributed by atoms with Gasteiger partial charge in [0.25, 0.3) is 0 Å². The summed E-state index contributed by atoms with van der Waals surface area (Å²) < 4.78 is 0. The van der Waals surface area contributed by atoms with Gasteiger partial charge in [-0.2, -0.15) is 0 Å². The summed E-state index contributed by atoms with van der Waals surface area (Å²) in [5.41, 5.74) is 0. The highest BCUT2D eigenvalue weighted by Crippen LogP contribution is 2.23. The van der Waals surface area contributed by atoms with Gasteiger partial charge in [0.05, 0.1) is 0 Å². The molecule has 4 atom stereocenters. The van der Waals surface area contributed by atoms with Crippen molar-refractivity contribution in [1.29, 1.82) is 0 Å². The number of hydrogen-bond donors (Lipinski definition) is 0. The molecule has 0 heterocycles. The van der Waals surface area contributed by atoms with Crippen LogP contribution in [0.5, 0.6) is 0 Å². The highest BCUT2D eigenvalue weighted by molar-refractivity contribution is 5.78. The van der Waals surface area contributed by atoms with Crippen LogP contribution in [0.15, 0.2) is 36.5 Å². The molecule has 6 heteroatoms. The summed E-state index contributed by atoms with van der Waals surface area (Å²) in [7, 11) is 0. The molecule has 0 saturated heterocycles. The van der Waals surface area contributed by atoms with Gasteiger partial charge in [-0.3, -0.25) is 14.4 Å². The van der Waals surface area contributed by atoms with E-state index in [-0.39, 0.29) is 29.8 Å². The third-order valence-corrected chi connectivity index (χ3v) is 17.7. The van der Waals surface area contributed by atoms with Gasteiger partial charge in [0.2, 0.25) is 17.7 Å². The van der Waals surface area contributed by atoms with E-state index >= 15 is 0 Å². The van der Waals surface area contributed by atoms with E-state index in [0.717, 1.165) is 89.9 Å². The normalized spacial score (nSPS) is 13.5. The van der Waals surface area contributed by atoms with E-state index < -0.39 is 0 Å². The zero-order valence-electron chi connectivity index (χ0n) is 55.6. The molecule has 0 spiro atoms. The molecule has 0 saturated carbocycles. The minimum absolute atomic E-state index is 0.173. The quantitative estimate of drug-likeness (QED) is 0.0450. The molecule has 80 heavy (non-hydrogen) atoms. The average Bonchev–Trinajstić information content (AvgIpc) is 3.48. The molecule has 3 amide bonds. The highest BCUT2D eigenvalue weighted by atomic mass is 16.2. The van der Waals surface area contributed by atoms with E-state index in [1.807, 2.05) is 0 Å². The fourth-order valence-corrected chi connectivity index (χ4v) is 11.6. The summed E-state index contributed by atoms with van der Waals surface area (Å²) in [6.45, 7) is 22.7. The van der Waals surface area contributed by atoms with Crippen molar-refractivity contribution >= 4 is 17.7 Å². The Kier molecular flexibility index (Phi) is 58.0. The van der Waals surface area contributed by atoms with E-state index in [9.17, 15) is 14.4 Å². The monoisotopic (exact) mass is 1120 g/mol. The van der Waals surface area contributed by atoms with Gasteiger partial charge in [0, 0.05) is 57.5 Å². The van der Waals surface area contributed by atoms with Crippen LogP contribution in [0.4, 0.5) is 0 Å². The molecule has 0 fully saturated rings. The van der Waals surface area contributed by atoms with Crippen LogP contribution < -0.4 is 0 Å². The molecule has 0 aromatic heterocycles. The SMILES string of the molecule is CCCCCCCC/C=C/CCCCCCCC(=O)N(CCN(C(=O)CCCCCCC/C=C/CCCCCCCC)C(CC)CC(C)CC)CCN(C(=O)CCCCCCC/C=C/CCCCCCCC)C(CC)CC(C)CC. The van der Waals surface area contributed by atoms with Gasteiger partial charge in [-0.25, -0.2) is 0 Å². The largest absolute Gasteiger partial charge is 0.339 e. The molecule has 0 aromatic carbocycles. The van der Waals surface area contributed by atoms with E-state index in [1.54, 1.807) is 0 Å². The van der Waals surface area contributed by atoms with Crippen LogP contribution >= 0.6 is 0 Å². The van der Waals surface area contributed by atoms with Crippen LogP contribution in [0.25, 0.3) is 0 Å². The lowest BCUT2D eigenvalue weighted by Gasteiger charge is -2.37. The lowest BCUT2D eigenvalue weighted by atomic mass is 9.96. The molecule has 0 aromatic rings. The molecular formula is C74H141N3O3. The maximum absolute atomic E-state index is 14.5. The number of hydrogen-bond acceptors (Lipinski definition) is 3. The molecule has 0 radical (unpaired) electrons. The van der Waals surface area contributed by atoms with E-state index in [1.165, 1.54) is 199 Å². The van der Waals surface area contributed by atoms with E-state index in [4.69, 9.17) is 0 Å². The van der Waals surface area contributed by atoms with Crippen LogP contribution in [0, 0.1) is 11.8 Å². The van der Waals surface area contributed by atoms with Crippen molar-refractivity contribution in [2.24, 2.45) is 11.8 Å². The van der Waals surface area contributed by atoms with Crippen molar-refractivity contribution in [1.82, 2.24) is 14.7 Å². The lowest BCUT2D eigenvalue weighted by Crippen LogP contribution is -2.49. The number of carbonyl (C=O) groups excluding carboxylic acids is 3.